The molecular weight excluding hydrogens is 276 g/mol. The average Bonchev–Trinajstić information content (AvgIpc) is 2.61. The molecule has 0 bridgehead atoms. The van der Waals surface area contributed by atoms with Crippen LogP contribution in [0.4, 0.5) is 0 Å². The lowest BCUT2D eigenvalue weighted by atomic mass is 10.00. The van der Waals surface area contributed by atoms with Crippen molar-refractivity contribution >= 4 is 0 Å². The van der Waals surface area contributed by atoms with Crippen molar-refractivity contribution in [2.24, 2.45) is 0 Å². The summed E-state index contributed by atoms with van der Waals surface area (Å²) in [6, 6.07) is 17.2. The quantitative estimate of drug-likeness (QED) is 0.360. The van der Waals surface area contributed by atoms with Crippen molar-refractivity contribution in [3.05, 3.63) is 59.7 Å². The highest BCUT2D eigenvalue weighted by Crippen LogP contribution is 2.21. The maximum absolute atomic E-state index is 5.40. The molecule has 0 saturated carbocycles. The van der Waals surface area contributed by atoms with Crippen molar-refractivity contribution < 1.29 is 0 Å². The van der Waals surface area contributed by atoms with Crippen LogP contribution in [0.2, 0.25) is 0 Å². The summed E-state index contributed by atoms with van der Waals surface area (Å²) in [7, 11) is 0. The summed E-state index contributed by atoms with van der Waals surface area (Å²) in [6.45, 7) is 2.27. The van der Waals surface area contributed by atoms with E-state index >= 15 is 0 Å². The van der Waals surface area contributed by atoms with E-state index in [-0.39, 0.29) is 0 Å². The van der Waals surface area contributed by atoms with E-state index in [9.17, 15) is 0 Å². The van der Waals surface area contributed by atoms with Crippen LogP contribution < -0.4 is 0 Å². The van der Waals surface area contributed by atoms with Crippen molar-refractivity contribution in [1.29, 1.82) is 0 Å². The molecule has 0 fully saturated rings. The first-order valence-corrected chi connectivity index (χ1v) is 8.99. The van der Waals surface area contributed by atoms with Crippen LogP contribution in [-0.4, -0.2) is 0 Å². The van der Waals surface area contributed by atoms with E-state index in [4.69, 9.17) is 6.42 Å². The lowest BCUT2D eigenvalue weighted by Crippen LogP contribution is -1.87. The Morgan fingerprint density at radius 3 is 1.78 bits per heavy atom. The molecule has 120 valence electrons. The zero-order valence-corrected chi connectivity index (χ0v) is 14.4. The van der Waals surface area contributed by atoms with Crippen molar-refractivity contribution in [3.63, 3.8) is 0 Å². The van der Waals surface area contributed by atoms with Gasteiger partial charge >= 0.3 is 0 Å². The van der Waals surface area contributed by atoms with Crippen LogP contribution in [0.1, 0.15) is 63.0 Å². The highest BCUT2D eigenvalue weighted by molar-refractivity contribution is 5.64. The smallest absolute Gasteiger partial charge is 0.0243 e. The first kappa shape index (κ1) is 17.4. The standard InChI is InChI=1S/C23H28/c1-3-5-6-7-8-9-10-11-21-14-18-23(19-15-21)22-16-12-20(4-2)13-17-22/h2,12-19H,3,5-11H2,1H3. The number of terminal acetylenes is 1. The van der Waals surface area contributed by atoms with Gasteiger partial charge in [0.25, 0.3) is 0 Å². The van der Waals surface area contributed by atoms with Crippen LogP contribution >= 0.6 is 0 Å². The Bertz CT molecular complexity index is 596. The largest absolute Gasteiger partial charge is 0.115 e. The fraction of sp³-hybridized carbons (Fsp3) is 0.391. The van der Waals surface area contributed by atoms with Crippen molar-refractivity contribution in [2.75, 3.05) is 0 Å². The Morgan fingerprint density at radius 1 is 0.696 bits per heavy atom. The minimum Gasteiger partial charge on any atom is -0.115 e. The Hall–Kier alpha value is -2.00. The van der Waals surface area contributed by atoms with E-state index < -0.39 is 0 Å². The number of rotatable bonds is 9. The first-order valence-electron chi connectivity index (χ1n) is 8.99. The number of hydrogen-bond donors (Lipinski definition) is 0. The maximum Gasteiger partial charge on any atom is 0.0243 e. The molecular formula is C23H28. The van der Waals surface area contributed by atoms with E-state index in [1.165, 1.54) is 68.1 Å². The van der Waals surface area contributed by atoms with Gasteiger partial charge in [0.2, 0.25) is 0 Å². The van der Waals surface area contributed by atoms with Gasteiger partial charge in [-0.15, -0.1) is 6.42 Å². The summed E-state index contributed by atoms with van der Waals surface area (Å²) < 4.78 is 0. The second-order valence-electron chi connectivity index (χ2n) is 6.29. The topological polar surface area (TPSA) is 0 Å². The third-order valence-electron chi connectivity index (χ3n) is 4.41. The molecule has 0 unspecified atom stereocenters. The Labute approximate surface area is 142 Å². The Morgan fingerprint density at radius 2 is 1.22 bits per heavy atom. The number of hydrogen-bond acceptors (Lipinski definition) is 0. The van der Waals surface area contributed by atoms with E-state index in [0.29, 0.717) is 0 Å². The molecule has 0 aliphatic carbocycles. The molecule has 0 aliphatic rings. The molecule has 0 heterocycles. The molecule has 0 N–H and O–H groups in total. The molecule has 2 aromatic carbocycles. The second-order valence-corrected chi connectivity index (χ2v) is 6.29. The fourth-order valence-corrected chi connectivity index (χ4v) is 2.91. The van der Waals surface area contributed by atoms with Gasteiger partial charge in [0, 0.05) is 5.56 Å². The van der Waals surface area contributed by atoms with Crippen molar-refractivity contribution in [1.82, 2.24) is 0 Å². The van der Waals surface area contributed by atoms with E-state index in [1.54, 1.807) is 0 Å². The third-order valence-corrected chi connectivity index (χ3v) is 4.41. The van der Waals surface area contributed by atoms with Gasteiger partial charge in [0.15, 0.2) is 0 Å². The van der Waals surface area contributed by atoms with Gasteiger partial charge in [-0.2, -0.15) is 0 Å². The first-order chi connectivity index (χ1) is 11.3. The molecule has 0 spiro atoms. The van der Waals surface area contributed by atoms with E-state index in [0.717, 1.165) is 5.56 Å². The summed E-state index contributed by atoms with van der Waals surface area (Å²) in [5, 5.41) is 0. The summed E-state index contributed by atoms with van der Waals surface area (Å²) in [5.74, 6) is 2.66. The normalized spacial score (nSPS) is 10.4. The summed E-state index contributed by atoms with van der Waals surface area (Å²) >= 11 is 0. The lowest BCUT2D eigenvalue weighted by Gasteiger charge is -2.05. The van der Waals surface area contributed by atoms with Gasteiger partial charge in [0.1, 0.15) is 0 Å². The predicted molar refractivity (Wildman–Crippen MR) is 102 cm³/mol. The summed E-state index contributed by atoms with van der Waals surface area (Å²) in [5.41, 5.74) is 4.87. The van der Waals surface area contributed by atoms with Gasteiger partial charge < -0.3 is 0 Å². The maximum atomic E-state index is 5.40. The van der Waals surface area contributed by atoms with Crippen LogP contribution in [0.25, 0.3) is 11.1 Å². The molecule has 23 heavy (non-hydrogen) atoms. The molecule has 0 aromatic heterocycles. The van der Waals surface area contributed by atoms with Crippen LogP contribution in [-0.2, 0) is 6.42 Å². The second kappa shape index (κ2) is 9.90. The van der Waals surface area contributed by atoms with Crippen LogP contribution in [0.15, 0.2) is 48.5 Å². The highest BCUT2D eigenvalue weighted by atomic mass is 14.0. The summed E-state index contributed by atoms with van der Waals surface area (Å²) in [4.78, 5) is 0. The van der Waals surface area contributed by atoms with Gasteiger partial charge in [0.05, 0.1) is 0 Å². The predicted octanol–water partition coefficient (Wildman–Crippen LogP) is 6.63. The molecule has 0 amide bonds. The van der Waals surface area contributed by atoms with E-state index in [1.807, 2.05) is 12.1 Å². The minimum atomic E-state index is 0.935. The molecule has 0 saturated heterocycles. The number of unbranched alkanes of at least 4 members (excludes halogenated alkanes) is 6. The lowest BCUT2D eigenvalue weighted by molar-refractivity contribution is 0.589. The van der Waals surface area contributed by atoms with Gasteiger partial charge in [-0.05, 0) is 41.7 Å². The van der Waals surface area contributed by atoms with Crippen molar-refractivity contribution in [3.8, 4) is 23.5 Å². The molecule has 2 rings (SSSR count). The monoisotopic (exact) mass is 304 g/mol. The van der Waals surface area contributed by atoms with Crippen LogP contribution in [0.3, 0.4) is 0 Å². The Balaban J connectivity index is 1.77. The molecule has 0 nitrogen and oxygen atoms in total. The zero-order chi connectivity index (χ0) is 16.3. The highest BCUT2D eigenvalue weighted by Gasteiger charge is 1.99. The van der Waals surface area contributed by atoms with Gasteiger partial charge in [-0.1, -0.05) is 87.8 Å². The fourth-order valence-electron chi connectivity index (χ4n) is 2.91. The number of aryl methyl sites for hydroxylation is 1. The molecule has 0 aliphatic heterocycles. The summed E-state index contributed by atoms with van der Waals surface area (Å²) in [6.07, 6.45) is 16.2. The molecule has 0 atom stereocenters. The van der Waals surface area contributed by atoms with Gasteiger partial charge in [-0.25, -0.2) is 0 Å². The van der Waals surface area contributed by atoms with Crippen LogP contribution in [0, 0.1) is 12.3 Å². The number of benzene rings is 2. The third kappa shape index (κ3) is 5.95. The molecule has 0 radical (unpaired) electrons. The van der Waals surface area contributed by atoms with Gasteiger partial charge in [-0.3, -0.25) is 0 Å². The SMILES string of the molecule is C#Cc1ccc(-c2ccc(CCCCCCCCC)cc2)cc1. The molecule has 2 aromatic rings. The van der Waals surface area contributed by atoms with Crippen molar-refractivity contribution in [2.45, 2.75) is 58.3 Å². The molecule has 0 heteroatoms. The van der Waals surface area contributed by atoms with E-state index in [2.05, 4.69) is 49.2 Å². The Kier molecular flexibility index (Phi) is 7.47. The van der Waals surface area contributed by atoms with Crippen LogP contribution in [0.5, 0.6) is 0 Å². The average molecular weight is 304 g/mol. The zero-order valence-electron chi connectivity index (χ0n) is 14.4. The minimum absolute atomic E-state index is 0.935.